The van der Waals surface area contributed by atoms with Crippen LogP contribution in [0.1, 0.15) is 20.8 Å². The van der Waals surface area contributed by atoms with Crippen LogP contribution in [0.25, 0.3) is 0 Å². The Morgan fingerprint density at radius 1 is 1.06 bits per heavy atom. The summed E-state index contributed by atoms with van der Waals surface area (Å²) < 4.78 is 5.39. The average molecular weight is 249 g/mol. The highest BCUT2D eigenvalue weighted by Gasteiger charge is 2.25. The summed E-state index contributed by atoms with van der Waals surface area (Å²) in [5, 5.41) is 0. The van der Waals surface area contributed by atoms with Crippen LogP contribution in [-0.4, -0.2) is 67.2 Å². The molecule has 0 radical (unpaired) electrons. The smallest absolute Gasteiger partial charge is 0.0602 e. The number of alkyl halides is 1. The number of nitrogens with zero attached hydrogens (tertiary/aromatic N) is 2. The van der Waals surface area contributed by atoms with E-state index < -0.39 is 0 Å². The fourth-order valence-electron chi connectivity index (χ4n) is 1.99. The van der Waals surface area contributed by atoms with Crippen LogP contribution < -0.4 is 0 Å². The Morgan fingerprint density at radius 3 is 2.19 bits per heavy atom. The third kappa shape index (κ3) is 5.00. The van der Waals surface area contributed by atoms with Crippen molar-refractivity contribution in [3.8, 4) is 0 Å². The summed E-state index contributed by atoms with van der Waals surface area (Å²) in [7, 11) is 0. The van der Waals surface area contributed by atoms with Crippen LogP contribution in [0.3, 0.4) is 0 Å². The quantitative estimate of drug-likeness (QED) is 0.544. The molecule has 0 aromatic rings. The van der Waals surface area contributed by atoms with Crippen LogP contribution in [0.2, 0.25) is 0 Å². The fraction of sp³-hybridized carbons (Fsp3) is 1.00. The van der Waals surface area contributed by atoms with E-state index >= 15 is 0 Å². The molecule has 0 saturated carbocycles. The zero-order chi connectivity index (χ0) is 12.0. The van der Waals surface area contributed by atoms with Crippen molar-refractivity contribution >= 4 is 11.6 Å². The van der Waals surface area contributed by atoms with Gasteiger partial charge in [-0.3, -0.25) is 9.80 Å². The van der Waals surface area contributed by atoms with E-state index in [0.29, 0.717) is 18.0 Å². The second-order valence-corrected chi connectivity index (χ2v) is 5.68. The van der Waals surface area contributed by atoms with Crippen molar-refractivity contribution in [3.63, 3.8) is 0 Å². The maximum atomic E-state index is 5.55. The van der Waals surface area contributed by atoms with E-state index in [1.165, 1.54) is 13.1 Å². The molecule has 1 aliphatic rings. The first kappa shape index (κ1) is 14.2. The monoisotopic (exact) mass is 248 g/mol. The van der Waals surface area contributed by atoms with Crippen molar-refractivity contribution in [3.05, 3.63) is 0 Å². The molecule has 0 atom stereocenters. The van der Waals surface area contributed by atoms with E-state index in [9.17, 15) is 0 Å². The Hall–Kier alpha value is 0.170. The first-order valence-corrected chi connectivity index (χ1v) is 6.68. The number of ether oxygens (including phenoxy) is 1. The summed E-state index contributed by atoms with van der Waals surface area (Å²) in [4.78, 5) is 5.01. The molecule has 1 heterocycles. The molecule has 1 fully saturated rings. The third-order valence-electron chi connectivity index (χ3n) is 3.09. The normalized spacial score (nSPS) is 20.2. The lowest BCUT2D eigenvalue weighted by atomic mass is 10.1. The summed E-state index contributed by atoms with van der Waals surface area (Å²) >= 11 is 5.55. The van der Waals surface area contributed by atoms with Gasteiger partial charge in [0, 0.05) is 44.1 Å². The molecule has 0 amide bonds. The second kappa shape index (κ2) is 6.80. The summed E-state index contributed by atoms with van der Waals surface area (Å²) in [5.41, 5.74) is 0.307. The summed E-state index contributed by atoms with van der Waals surface area (Å²) in [5.74, 6) is 0.595. The van der Waals surface area contributed by atoms with Gasteiger partial charge in [0.15, 0.2) is 0 Å². The molecule has 16 heavy (non-hydrogen) atoms. The lowest BCUT2D eigenvalue weighted by molar-refractivity contribution is 0.0439. The number of hydrogen-bond donors (Lipinski definition) is 0. The minimum absolute atomic E-state index is 0.307. The van der Waals surface area contributed by atoms with E-state index in [2.05, 4.69) is 30.6 Å². The number of hydrogen-bond acceptors (Lipinski definition) is 3. The Labute approximate surface area is 105 Å². The molecule has 1 rings (SSSR count). The molecule has 3 nitrogen and oxygen atoms in total. The second-order valence-electron chi connectivity index (χ2n) is 5.30. The van der Waals surface area contributed by atoms with E-state index in [0.717, 1.165) is 26.2 Å². The Bertz CT molecular complexity index is 186. The van der Waals surface area contributed by atoms with Crippen molar-refractivity contribution in [2.45, 2.75) is 26.3 Å². The van der Waals surface area contributed by atoms with Gasteiger partial charge in [-0.1, -0.05) is 0 Å². The molecule has 0 aromatic heterocycles. The molecule has 0 unspecified atom stereocenters. The molecular formula is C12H25ClN2O. The van der Waals surface area contributed by atoms with Gasteiger partial charge in [0.05, 0.1) is 13.2 Å². The summed E-state index contributed by atoms with van der Waals surface area (Å²) in [6, 6.07) is 0. The molecule has 0 aromatic carbocycles. The SMILES string of the molecule is CC(C)(C)N1CCN(CCOCCCl)CC1. The van der Waals surface area contributed by atoms with Crippen LogP contribution in [0.5, 0.6) is 0 Å². The highest BCUT2D eigenvalue weighted by atomic mass is 35.5. The van der Waals surface area contributed by atoms with Crippen LogP contribution >= 0.6 is 11.6 Å². The maximum Gasteiger partial charge on any atom is 0.0602 e. The van der Waals surface area contributed by atoms with Gasteiger partial charge in [0.2, 0.25) is 0 Å². The first-order chi connectivity index (χ1) is 7.54. The zero-order valence-corrected chi connectivity index (χ0v) is 11.6. The van der Waals surface area contributed by atoms with Gasteiger partial charge in [0.1, 0.15) is 0 Å². The van der Waals surface area contributed by atoms with Crippen LogP contribution in [0.4, 0.5) is 0 Å². The van der Waals surface area contributed by atoms with Crippen molar-refractivity contribution in [2.24, 2.45) is 0 Å². The Balaban J connectivity index is 2.12. The van der Waals surface area contributed by atoms with Gasteiger partial charge in [-0.15, -0.1) is 11.6 Å². The van der Waals surface area contributed by atoms with Gasteiger partial charge >= 0.3 is 0 Å². The highest BCUT2D eigenvalue weighted by Crippen LogP contribution is 2.15. The zero-order valence-electron chi connectivity index (χ0n) is 10.8. The summed E-state index contributed by atoms with van der Waals surface area (Å²) in [6.07, 6.45) is 0. The predicted molar refractivity (Wildman–Crippen MR) is 69.3 cm³/mol. The molecule has 0 aliphatic carbocycles. The average Bonchev–Trinajstić information content (AvgIpc) is 2.24. The summed E-state index contributed by atoms with van der Waals surface area (Å²) in [6.45, 7) is 14.0. The molecule has 0 bridgehead atoms. The van der Waals surface area contributed by atoms with Crippen molar-refractivity contribution < 1.29 is 4.74 Å². The number of halogens is 1. The van der Waals surface area contributed by atoms with E-state index in [1.807, 2.05) is 0 Å². The minimum Gasteiger partial charge on any atom is -0.379 e. The Kier molecular flexibility index (Phi) is 6.05. The lowest BCUT2D eigenvalue weighted by Gasteiger charge is -2.42. The topological polar surface area (TPSA) is 15.7 Å². The molecule has 4 heteroatoms. The van der Waals surface area contributed by atoms with Crippen molar-refractivity contribution in [2.75, 3.05) is 51.8 Å². The van der Waals surface area contributed by atoms with Crippen molar-refractivity contribution in [1.82, 2.24) is 9.80 Å². The maximum absolute atomic E-state index is 5.55. The van der Waals surface area contributed by atoms with Gasteiger partial charge in [-0.2, -0.15) is 0 Å². The highest BCUT2D eigenvalue weighted by molar-refractivity contribution is 6.17. The molecule has 1 saturated heterocycles. The first-order valence-electron chi connectivity index (χ1n) is 6.15. The standard InChI is InChI=1S/C12H25ClN2O/c1-12(2,3)15-7-5-14(6-8-15)9-11-16-10-4-13/h4-11H2,1-3H3. The van der Waals surface area contributed by atoms with E-state index in [1.54, 1.807) is 0 Å². The molecular weight excluding hydrogens is 224 g/mol. The molecule has 1 aliphatic heterocycles. The fourth-order valence-corrected chi connectivity index (χ4v) is 2.10. The van der Waals surface area contributed by atoms with E-state index in [-0.39, 0.29) is 0 Å². The van der Waals surface area contributed by atoms with Crippen LogP contribution in [0.15, 0.2) is 0 Å². The van der Waals surface area contributed by atoms with Crippen LogP contribution in [0, 0.1) is 0 Å². The number of piperazine rings is 1. The Morgan fingerprint density at radius 2 is 1.69 bits per heavy atom. The van der Waals surface area contributed by atoms with E-state index in [4.69, 9.17) is 16.3 Å². The van der Waals surface area contributed by atoms with Gasteiger partial charge < -0.3 is 4.74 Å². The largest absolute Gasteiger partial charge is 0.379 e. The van der Waals surface area contributed by atoms with Crippen LogP contribution in [-0.2, 0) is 4.74 Å². The molecule has 0 N–H and O–H groups in total. The third-order valence-corrected chi connectivity index (χ3v) is 3.25. The lowest BCUT2D eigenvalue weighted by Crippen LogP contribution is -2.53. The molecule has 0 spiro atoms. The molecule has 96 valence electrons. The predicted octanol–water partition coefficient (Wildman–Crippen LogP) is 1.66. The number of rotatable bonds is 5. The van der Waals surface area contributed by atoms with Gasteiger partial charge in [-0.25, -0.2) is 0 Å². The van der Waals surface area contributed by atoms with Gasteiger partial charge in [0.25, 0.3) is 0 Å². The minimum atomic E-state index is 0.307. The van der Waals surface area contributed by atoms with Crippen molar-refractivity contribution in [1.29, 1.82) is 0 Å². The van der Waals surface area contributed by atoms with Gasteiger partial charge in [-0.05, 0) is 20.8 Å².